The van der Waals surface area contributed by atoms with E-state index < -0.39 is 0 Å². The molecule has 8 nitrogen and oxygen atoms in total. The van der Waals surface area contributed by atoms with Crippen LogP contribution < -0.4 is 5.32 Å². The molecular formula is C18H14ClN7O. The van der Waals surface area contributed by atoms with Crippen molar-refractivity contribution in [3.05, 3.63) is 83.4 Å². The number of tetrazole rings is 1. The van der Waals surface area contributed by atoms with Crippen LogP contribution in [-0.2, 0) is 6.54 Å². The predicted octanol–water partition coefficient (Wildman–Crippen LogP) is 2.81. The molecule has 9 heteroatoms. The first kappa shape index (κ1) is 16.9. The van der Waals surface area contributed by atoms with Gasteiger partial charge in [-0.25, -0.2) is 0 Å². The number of hydrogen-bond donors (Lipinski definition) is 1. The fourth-order valence-electron chi connectivity index (χ4n) is 2.69. The molecule has 0 aliphatic carbocycles. The second-order valence-corrected chi connectivity index (χ2v) is 6.21. The first-order chi connectivity index (χ1) is 13.2. The summed E-state index contributed by atoms with van der Waals surface area (Å²) in [6.45, 7) is 0.615. The van der Waals surface area contributed by atoms with Gasteiger partial charge >= 0.3 is 0 Å². The molecule has 2 aromatic heterocycles. The van der Waals surface area contributed by atoms with Gasteiger partial charge in [0, 0.05) is 23.1 Å². The molecule has 0 fully saturated rings. The Labute approximate surface area is 159 Å². The van der Waals surface area contributed by atoms with Gasteiger partial charge in [0.2, 0.25) is 0 Å². The van der Waals surface area contributed by atoms with Crippen LogP contribution in [0.2, 0.25) is 5.02 Å². The molecule has 134 valence electrons. The molecule has 0 aliphatic heterocycles. The lowest BCUT2D eigenvalue weighted by molar-refractivity contribution is 0.102. The van der Waals surface area contributed by atoms with E-state index in [9.17, 15) is 4.79 Å². The SMILES string of the molecule is O=C(Nc1cccc(Cn2cccn2)c1)c1cc(Cl)ccc1-n1cnnn1. The Hall–Kier alpha value is -3.52. The van der Waals surface area contributed by atoms with Crippen molar-refractivity contribution in [3.8, 4) is 5.69 Å². The third kappa shape index (κ3) is 3.85. The normalized spacial score (nSPS) is 10.7. The minimum absolute atomic E-state index is 0.306. The average Bonchev–Trinajstić information content (AvgIpc) is 3.36. The van der Waals surface area contributed by atoms with Crippen LogP contribution >= 0.6 is 11.6 Å². The third-order valence-electron chi connectivity index (χ3n) is 3.89. The number of carbonyl (C=O) groups is 1. The van der Waals surface area contributed by atoms with E-state index >= 15 is 0 Å². The van der Waals surface area contributed by atoms with Crippen molar-refractivity contribution in [3.63, 3.8) is 0 Å². The number of rotatable bonds is 5. The molecule has 0 atom stereocenters. The molecule has 0 radical (unpaired) electrons. The summed E-state index contributed by atoms with van der Waals surface area (Å²) >= 11 is 6.08. The number of halogens is 1. The lowest BCUT2D eigenvalue weighted by Gasteiger charge is -2.11. The summed E-state index contributed by atoms with van der Waals surface area (Å²) in [4.78, 5) is 12.8. The highest BCUT2D eigenvalue weighted by Crippen LogP contribution is 2.21. The summed E-state index contributed by atoms with van der Waals surface area (Å²) in [7, 11) is 0. The van der Waals surface area contributed by atoms with E-state index in [1.54, 1.807) is 24.4 Å². The van der Waals surface area contributed by atoms with Crippen LogP contribution in [0.15, 0.2) is 67.3 Å². The van der Waals surface area contributed by atoms with Gasteiger partial charge in [-0.3, -0.25) is 9.48 Å². The standard InChI is InChI=1S/C18H14ClN7O/c19-14-5-6-17(26-12-20-23-24-26)16(10-14)18(27)22-15-4-1-3-13(9-15)11-25-8-2-7-21-25/h1-10,12H,11H2,(H,22,27). The average molecular weight is 380 g/mol. The quantitative estimate of drug-likeness (QED) is 0.575. The van der Waals surface area contributed by atoms with Crippen LogP contribution in [0.4, 0.5) is 5.69 Å². The Morgan fingerprint density at radius 2 is 2.07 bits per heavy atom. The van der Waals surface area contributed by atoms with E-state index in [0.717, 1.165) is 5.56 Å². The van der Waals surface area contributed by atoms with Gasteiger partial charge in [-0.15, -0.1) is 5.10 Å². The van der Waals surface area contributed by atoms with Crippen molar-refractivity contribution in [2.24, 2.45) is 0 Å². The predicted molar refractivity (Wildman–Crippen MR) is 99.9 cm³/mol. The summed E-state index contributed by atoms with van der Waals surface area (Å²) < 4.78 is 3.23. The number of amides is 1. The zero-order valence-corrected chi connectivity index (χ0v) is 14.8. The van der Waals surface area contributed by atoms with Crippen LogP contribution in [0.5, 0.6) is 0 Å². The number of nitrogens with zero attached hydrogens (tertiary/aromatic N) is 6. The Morgan fingerprint density at radius 3 is 2.85 bits per heavy atom. The van der Waals surface area contributed by atoms with Gasteiger partial charge in [-0.05, 0) is 52.4 Å². The van der Waals surface area contributed by atoms with Crippen LogP contribution in [0, 0.1) is 0 Å². The number of hydrogen-bond acceptors (Lipinski definition) is 5. The van der Waals surface area contributed by atoms with E-state index in [0.29, 0.717) is 28.5 Å². The van der Waals surface area contributed by atoms with Gasteiger partial charge in [0.05, 0.1) is 17.8 Å². The number of aromatic nitrogens is 6. The van der Waals surface area contributed by atoms with Gasteiger partial charge in [0.1, 0.15) is 6.33 Å². The maximum Gasteiger partial charge on any atom is 0.257 e. The Balaban J connectivity index is 1.59. The third-order valence-corrected chi connectivity index (χ3v) is 4.12. The van der Waals surface area contributed by atoms with E-state index in [-0.39, 0.29) is 5.91 Å². The Bertz CT molecular complexity index is 1060. The van der Waals surface area contributed by atoms with E-state index in [4.69, 9.17) is 11.6 Å². The van der Waals surface area contributed by atoms with Crippen LogP contribution in [-0.4, -0.2) is 35.9 Å². The van der Waals surface area contributed by atoms with Crippen molar-refractivity contribution in [2.45, 2.75) is 6.54 Å². The molecule has 2 aromatic carbocycles. The maximum absolute atomic E-state index is 12.8. The monoisotopic (exact) mass is 379 g/mol. The lowest BCUT2D eigenvalue weighted by atomic mass is 10.1. The van der Waals surface area contributed by atoms with Crippen molar-refractivity contribution in [2.75, 3.05) is 5.32 Å². The fourth-order valence-corrected chi connectivity index (χ4v) is 2.86. The van der Waals surface area contributed by atoms with Gasteiger partial charge in [0.25, 0.3) is 5.91 Å². The fraction of sp³-hybridized carbons (Fsp3) is 0.0556. The van der Waals surface area contributed by atoms with Crippen LogP contribution in [0.25, 0.3) is 5.69 Å². The number of anilines is 1. The molecule has 0 unspecified atom stereocenters. The smallest absolute Gasteiger partial charge is 0.257 e. The Kier molecular flexibility index (Phi) is 4.63. The molecule has 4 aromatic rings. The second kappa shape index (κ2) is 7.38. The van der Waals surface area contributed by atoms with E-state index in [2.05, 4.69) is 25.9 Å². The molecule has 0 bridgehead atoms. The number of carbonyl (C=O) groups excluding carboxylic acids is 1. The van der Waals surface area contributed by atoms with Crippen molar-refractivity contribution in [1.82, 2.24) is 30.0 Å². The van der Waals surface area contributed by atoms with Gasteiger partial charge in [-0.2, -0.15) is 9.78 Å². The van der Waals surface area contributed by atoms with Gasteiger partial charge in [-0.1, -0.05) is 23.7 Å². The van der Waals surface area contributed by atoms with Crippen molar-refractivity contribution < 1.29 is 4.79 Å². The van der Waals surface area contributed by atoms with Crippen LogP contribution in [0.3, 0.4) is 0 Å². The highest BCUT2D eigenvalue weighted by atomic mass is 35.5. The number of nitrogens with one attached hydrogen (secondary N) is 1. The lowest BCUT2D eigenvalue weighted by Crippen LogP contribution is -2.15. The molecule has 2 heterocycles. The summed E-state index contributed by atoms with van der Waals surface area (Å²) in [6.07, 6.45) is 5.03. The molecule has 0 spiro atoms. The van der Waals surface area contributed by atoms with Crippen molar-refractivity contribution >= 4 is 23.2 Å². The molecular weight excluding hydrogens is 366 g/mol. The first-order valence-corrected chi connectivity index (χ1v) is 8.47. The summed E-state index contributed by atoms with van der Waals surface area (Å²) in [5, 5.41) is 18.6. The minimum Gasteiger partial charge on any atom is -0.322 e. The topological polar surface area (TPSA) is 90.5 Å². The number of benzene rings is 2. The van der Waals surface area contributed by atoms with Crippen molar-refractivity contribution in [1.29, 1.82) is 0 Å². The zero-order valence-electron chi connectivity index (χ0n) is 14.0. The molecule has 0 aliphatic rings. The maximum atomic E-state index is 12.8. The summed E-state index contributed by atoms with van der Waals surface area (Å²) in [5.41, 5.74) is 2.59. The highest BCUT2D eigenvalue weighted by molar-refractivity contribution is 6.31. The molecule has 1 N–H and O–H groups in total. The molecule has 1 amide bonds. The molecule has 27 heavy (non-hydrogen) atoms. The van der Waals surface area contributed by atoms with Gasteiger partial charge in [0.15, 0.2) is 0 Å². The molecule has 4 rings (SSSR count). The summed E-state index contributed by atoms with van der Waals surface area (Å²) in [6, 6.07) is 14.4. The molecule has 0 saturated carbocycles. The largest absolute Gasteiger partial charge is 0.322 e. The van der Waals surface area contributed by atoms with Gasteiger partial charge < -0.3 is 5.32 Å². The second-order valence-electron chi connectivity index (χ2n) is 5.77. The van der Waals surface area contributed by atoms with Crippen LogP contribution in [0.1, 0.15) is 15.9 Å². The zero-order chi connectivity index (χ0) is 18.6. The van der Waals surface area contributed by atoms with E-state index in [1.165, 1.54) is 11.0 Å². The Morgan fingerprint density at radius 1 is 1.15 bits per heavy atom. The summed E-state index contributed by atoms with van der Waals surface area (Å²) in [5.74, 6) is -0.306. The highest BCUT2D eigenvalue weighted by Gasteiger charge is 2.15. The first-order valence-electron chi connectivity index (χ1n) is 8.10. The van der Waals surface area contributed by atoms with E-state index in [1.807, 2.05) is 41.2 Å². The minimum atomic E-state index is -0.306. The molecule has 0 saturated heterocycles.